The van der Waals surface area contributed by atoms with Crippen LogP contribution in [0.15, 0.2) is 59.6 Å². The maximum absolute atomic E-state index is 5.61. The van der Waals surface area contributed by atoms with Gasteiger partial charge in [0.05, 0.1) is 11.5 Å². The lowest BCUT2D eigenvalue weighted by Gasteiger charge is -2.21. The second kappa shape index (κ2) is 8.20. The summed E-state index contributed by atoms with van der Waals surface area (Å²) in [5, 5.41) is 4.39. The fourth-order valence-electron chi connectivity index (χ4n) is 3.53. The van der Waals surface area contributed by atoms with Crippen molar-refractivity contribution in [2.75, 3.05) is 5.32 Å². The fourth-order valence-corrected chi connectivity index (χ4v) is 4.89. The number of aromatic nitrogens is 1. The molecular weight excluding hydrogens is 384 g/mol. The van der Waals surface area contributed by atoms with Crippen LogP contribution in [0, 0.1) is 0 Å². The van der Waals surface area contributed by atoms with Gasteiger partial charge in [0.25, 0.3) is 0 Å². The Labute approximate surface area is 174 Å². The van der Waals surface area contributed by atoms with E-state index in [-0.39, 0.29) is 0 Å². The van der Waals surface area contributed by atoms with Gasteiger partial charge in [-0.25, -0.2) is 9.98 Å². The number of nitrogens with two attached hydrogens (primary N) is 1. The molecule has 1 atom stereocenters. The Morgan fingerprint density at radius 3 is 2.64 bits per heavy atom. The predicted molar refractivity (Wildman–Crippen MR) is 122 cm³/mol. The number of aliphatic imine (C=N–C) groups is 1. The lowest BCUT2D eigenvalue weighted by atomic mass is 9.85. The van der Waals surface area contributed by atoms with Crippen molar-refractivity contribution in [3.8, 4) is 0 Å². The van der Waals surface area contributed by atoms with Gasteiger partial charge in [-0.15, -0.1) is 11.3 Å². The Morgan fingerprint density at radius 2 is 1.93 bits per heavy atom. The number of nitrogens with one attached hydrogen (secondary N) is 1. The normalized spacial score (nSPS) is 16.5. The van der Waals surface area contributed by atoms with Gasteiger partial charge in [-0.3, -0.25) is 0 Å². The monoisotopic (exact) mass is 406 g/mol. The second-order valence-electron chi connectivity index (χ2n) is 6.94. The molecule has 0 saturated carbocycles. The summed E-state index contributed by atoms with van der Waals surface area (Å²) < 4.78 is 0. The highest BCUT2D eigenvalue weighted by Gasteiger charge is 2.26. The van der Waals surface area contributed by atoms with Crippen LogP contribution in [0.2, 0.25) is 0 Å². The zero-order valence-corrected chi connectivity index (χ0v) is 17.3. The van der Waals surface area contributed by atoms with Crippen LogP contribution in [0.1, 0.15) is 47.4 Å². The Kier molecular flexibility index (Phi) is 5.50. The van der Waals surface area contributed by atoms with Crippen LogP contribution in [-0.4, -0.2) is 15.8 Å². The summed E-state index contributed by atoms with van der Waals surface area (Å²) in [5.74, 6) is 0.863. The molecule has 0 saturated heterocycles. The molecule has 0 fully saturated rings. The van der Waals surface area contributed by atoms with E-state index in [2.05, 4.69) is 40.6 Å². The van der Waals surface area contributed by atoms with Crippen molar-refractivity contribution in [2.45, 2.75) is 32.1 Å². The van der Waals surface area contributed by atoms with Gasteiger partial charge in [0.1, 0.15) is 4.99 Å². The van der Waals surface area contributed by atoms with Crippen molar-refractivity contribution in [1.82, 2.24) is 4.98 Å². The van der Waals surface area contributed by atoms with E-state index in [1.54, 1.807) is 18.3 Å². The topological polar surface area (TPSA) is 63.3 Å². The molecule has 4 nitrogen and oxygen atoms in total. The van der Waals surface area contributed by atoms with Crippen molar-refractivity contribution in [3.05, 3.63) is 76.3 Å². The van der Waals surface area contributed by atoms with Gasteiger partial charge in [-0.2, -0.15) is 0 Å². The molecule has 1 aliphatic carbocycles. The van der Waals surface area contributed by atoms with Crippen molar-refractivity contribution in [1.29, 1.82) is 0 Å². The lowest BCUT2D eigenvalue weighted by Crippen LogP contribution is -2.09. The van der Waals surface area contributed by atoms with Gasteiger partial charge in [0.15, 0.2) is 5.13 Å². The number of thiocarbonyl (C=S) groups is 1. The summed E-state index contributed by atoms with van der Waals surface area (Å²) in [7, 11) is 0. The number of anilines is 2. The summed E-state index contributed by atoms with van der Waals surface area (Å²) in [5.41, 5.74) is 10.1. The highest BCUT2D eigenvalue weighted by molar-refractivity contribution is 7.80. The average Bonchev–Trinajstić information content (AvgIpc) is 3.11. The molecule has 142 valence electrons. The molecule has 1 heterocycles. The molecule has 0 spiro atoms. The van der Waals surface area contributed by atoms with Crippen molar-refractivity contribution >= 4 is 45.2 Å². The Hall–Kier alpha value is -2.57. The first-order valence-electron chi connectivity index (χ1n) is 9.37. The molecule has 3 aromatic rings. The Balaban J connectivity index is 1.53. The predicted octanol–water partition coefficient (Wildman–Crippen LogP) is 5.41. The molecular formula is C22H22N4S2. The number of benzene rings is 2. The zero-order valence-electron chi connectivity index (χ0n) is 15.7. The summed E-state index contributed by atoms with van der Waals surface area (Å²) >= 11 is 7.05. The fraction of sp³-hybridized carbons (Fsp3) is 0.227. The number of rotatable bonds is 4. The largest absolute Gasteiger partial charge is 0.387 e. The maximum atomic E-state index is 5.61. The van der Waals surface area contributed by atoms with Crippen LogP contribution in [0.3, 0.4) is 0 Å². The number of hydrogen-bond acceptors (Lipinski definition) is 4. The number of aryl methyl sites for hydroxylation is 1. The van der Waals surface area contributed by atoms with Crippen molar-refractivity contribution < 1.29 is 0 Å². The van der Waals surface area contributed by atoms with Crippen LogP contribution >= 0.6 is 23.6 Å². The van der Waals surface area contributed by atoms with Crippen molar-refractivity contribution in [3.63, 3.8) is 0 Å². The van der Waals surface area contributed by atoms with E-state index in [0.717, 1.165) is 29.2 Å². The standard InChI is InChI=1S/C22H22N4S2/c1-14(23)24-21(27)16-10-12-17(13-11-16)25-22-26-20-18(8-5-9-19(20)28-22)15-6-3-2-4-7-15/h2-4,6-7,10-13,18H,5,8-9H2,1H3,(H,25,26)(H2,23,24,27). The minimum atomic E-state index is 0.397. The molecule has 1 aliphatic rings. The van der Waals surface area contributed by atoms with Gasteiger partial charge in [-0.05, 0) is 56.0 Å². The molecule has 0 amide bonds. The Morgan fingerprint density at radius 1 is 1.18 bits per heavy atom. The lowest BCUT2D eigenvalue weighted by molar-refractivity contribution is 0.610. The van der Waals surface area contributed by atoms with E-state index in [0.29, 0.717) is 16.7 Å². The van der Waals surface area contributed by atoms with E-state index in [4.69, 9.17) is 22.9 Å². The smallest absolute Gasteiger partial charge is 0.187 e. The molecule has 0 bridgehead atoms. The molecule has 0 aliphatic heterocycles. The van der Waals surface area contributed by atoms with E-state index in [9.17, 15) is 0 Å². The maximum Gasteiger partial charge on any atom is 0.187 e. The van der Waals surface area contributed by atoms with E-state index in [1.807, 2.05) is 24.3 Å². The molecule has 28 heavy (non-hydrogen) atoms. The molecule has 3 N–H and O–H groups in total. The van der Waals surface area contributed by atoms with Crippen LogP contribution in [0.4, 0.5) is 10.8 Å². The molecule has 6 heteroatoms. The number of amidine groups is 1. The minimum Gasteiger partial charge on any atom is -0.387 e. The van der Waals surface area contributed by atoms with Gasteiger partial charge in [0.2, 0.25) is 0 Å². The van der Waals surface area contributed by atoms with Gasteiger partial charge in [-0.1, -0.05) is 42.5 Å². The van der Waals surface area contributed by atoms with Crippen LogP contribution in [-0.2, 0) is 6.42 Å². The second-order valence-corrected chi connectivity index (χ2v) is 8.41. The first kappa shape index (κ1) is 18.8. The summed E-state index contributed by atoms with van der Waals surface area (Å²) in [6, 6.07) is 18.6. The number of nitrogens with zero attached hydrogens (tertiary/aromatic N) is 2. The van der Waals surface area contributed by atoms with Crippen LogP contribution in [0.5, 0.6) is 0 Å². The highest BCUT2D eigenvalue weighted by atomic mass is 32.1. The third-order valence-corrected chi connectivity index (χ3v) is 6.19. The molecule has 0 radical (unpaired) electrons. The number of fused-ring (bicyclic) bond motifs is 1. The molecule has 4 rings (SSSR count). The summed E-state index contributed by atoms with van der Waals surface area (Å²) in [4.78, 5) is 11.0. The van der Waals surface area contributed by atoms with Crippen molar-refractivity contribution in [2.24, 2.45) is 10.7 Å². The first-order chi connectivity index (χ1) is 13.6. The van der Waals surface area contributed by atoms with Crippen LogP contribution in [0.25, 0.3) is 0 Å². The first-order valence-corrected chi connectivity index (χ1v) is 10.6. The summed E-state index contributed by atoms with van der Waals surface area (Å²) in [6.45, 7) is 1.73. The molecule has 1 aromatic heterocycles. The molecule has 2 aromatic carbocycles. The minimum absolute atomic E-state index is 0.397. The Bertz CT molecular complexity index is 1000. The third kappa shape index (κ3) is 4.13. The van der Waals surface area contributed by atoms with Gasteiger partial charge < -0.3 is 11.1 Å². The van der Waals surface area contributed by atoms with E-state index in [1.165, 1.54) is 22.6 Å². The van der Waals surface area contributed by atoms with E-state index >= 15 is 0 Å². The SMILES string of the molecule is CC(N)=NC(=S)c1ccc(Nc2nc3c(s2)CCCC3c2ccccc2)cc1. The quantitative estimate of drug-likeness (QED) is 0.346. The molecule has 1 unspecified atom stereocenters. The van der Waals surface area contributed by atoms with E-state index < -0.39 is 0 Å². The van der Waals surface area contributed by atoms with Gasteiger partial charge in [0, 0.05) is 22.0 Å². The zero-order chi connectivity index (χ0) is 19.5. The number of hydrogen-bond donors (Lipinski definition) is 2. The number of thiazole rings is 1. The average molecular weight is 407 g/mol. The third-order valence-electron chi connectivity index (χ3n) is 4.82. The van der Waals surface area contributed by atoms with Crippen LogP contribution < -0.4 is 11.1 Å². The summed E-state index contributed by atoms with van der Waals surface area (Å²) in [6.07, 6.45) is 3.48. The van der Waals surface area contributed by atoms with Gasteiger partial charge >= 0.3 is 0 Å². The highest BCUT2D eigenvalue weighted by Crippen LogP contribution is 2.40.